The summed E-state index contributed by atoms with van der Waals surface area (Å²) in [4.78, 5) is 24.5. The molecule has 3 aromatic carbocycles. The van der Waals surface area contributed by atoms with Crippen molar-refractivity contribution < 1.29 is 19.1 Å². The minimum atomic E-state index is -0.529. The number of para-hydroxylation sites is 1. The SMILES string of the molecule is COc1ccc(Nc2ccccc2C(=O)NNC(=O)COc2ccc(C#N)cc2)cc1. The van der Waals surface area contributed by atoms with Gasteiger partial charge in [0.05, 0.1) is 30.0 Å². The normalized spacial score (nSPS) is 9.81. The van der Waals surface area contributed by atoms with Gasteiger partial charge in [0.25, 0.3) is 11.8 Å². The highest BCUT2D eigenvalue weighted by Gasteiger charge is 2.12. The van der Waals surface area contributed by atoms with Gasteiger partial charge in [-0.1, -0.05) is 12.1 Å². The van der Waals surface area contributed by atoms with Gasteiger partial charge in [0.1, 0.15) is 11.5 Å². The Balaban J connectivity index is 1.55. The average molecular weight is 416 g/mol. The van der Waals surface area contributed by atoms with Crippen molar-refractivity contribution in [3.63, 3.8) is 0 Å². The van der Waals surface area contributed by atoms with Crippen LogP contribution >= 0.6 is 0 Å². The molecule has 2 amide bonds. The molecule has 0 aromatic heterocycles. The van der Waals surface area contributed by atoms with Crippen molar-refractivity contribution in [3.05, 3.63) is 83.9 Å². The van der Waals surface area contributed by atoms with E-state index in [2.05, 4.69) is 16.2 Å². The van der Waals surface area contributed by atoms with E-state index in [9.17, 15) is 9.59 Å². The zero-order valence-electron chi connectivity index (χ0n) is 16.7. The first-order valence-corrected chi connectivity index (χ1v) is 9.31. The first kappa shape index (κ1) is 21.2. The number of nitrogens with one attached hydrogen (secondary N) is 3. The molecule has 0 heterocycles. The maximum Gasteiger partial charge on any atom is 0.276 e. The number of carbonyl (C=O) groups excluding carboxylic acids is 2. The van der Waals surface area contributed by atoms with Crippen LogP contribution in [-0.4, -0.2) is 25.5 Å². The summed E-state index contributed by atoms with van der Waals surface area (Å²) in [7, 11) is 1.59. The molecular weight excluding hydrogens is 396 g/mol. The van der Waals surface area contributed by atoms with E-state index in [1.807, 2.05) is 18.2 Å². The highest BCUT2D eigenvalue weighted by Crippen LogP contribution is 2.22. The van der Waals surface area contributed by atoms with Gasteiger partial charge in [0.2, 0.25) is 0 Å². The molecule has 0 spiro atoms. The van der Waals surface area contributed by atoms with E-state index in [1.54, 1.807) is 67.8 Å². The lowest BCUT2D eigenvalue weighted by molar-refractivity contribution is -0.123. The summed E-state index contributed by atoms with van der Waals surface area (Å²) in [5, 5.41) is 12.0. The van der Waals surface area contributed by atoms with Crippen molar-refractivity contribution in [1.29, 1.82) is 5.26 Å². The third kappa shape index (κ3) is 5.98. The molecule has 3 rings (SSSR count). The van der Waals surface area contributed by atoms with Crippen molar-refractivity contribution >= 4 is 23.2 Å². The second-order valence-corrected chi connectivity index (χ2v) is 6.33. The number of methoxy groups -OCH3 is 1. The molecule has 0 fully saturated rings. The first-order valence-electron chi connectivity index (χ1n) is 9.31. The number of nitrogens with zero attached hydrogens (tertiary/aromatic N) is 1. The van der Waals surface area contributed by atoms with Crippen LogP contribution in [0, 0.1) is 11.3 Å². The average Bonchev–Trinajstić information content (AvgIpc) is 2.82. The Morgan fingerprint density at radius 3 is 2.26 bits per heavy atom. The van der Waals surface area contributed by atoms with Gasteiger partial charge in [0.15, 0.2) is 6.61 Å². The minimum absolute atomic E-state index is 0.294. The standard InChI is InChI=1S/C23H20N4O4/c1-30-18-12-8-17(9-13-18)25-21-5-3-2-4-20(21)23(29)27-26-22(28)15-31-19-10-6-16(14-24)7-11-19/h2-13,25H,15H2,1H3,(H,26,28)(H,27,29). The molecule has 8 heteroatoms. The monoisotopic (exact) mass is 416 g/mol. The maximum absolute atomic E-state index is 12.5. The number of anilines is 2. The topological polar surface area (TPSA) is 112 Å². The second-order valence-electron chi connectivity index (χ2n) is 6.33. The Kier molecular flexibility index (Phi) is 7.06. The largest absolute Gasteiger partial charge is 0.497 e. The molecule has 156 valence electrons. The van der Waals surface area contributed by atoms with E-state index < -0.39 is 11.8 Å². The predicted octanol–water partition coefficient (Wildman–Crippen LogP) is 3.15. The lowest BCUT2D eigenvalue weighted by Gasteiger charge is -2.13. The van der Waals surface area contributed by atoms with Crippen molar-refractivity contribution in [2.45, 2.75) is 0 Å². The van der Waals surface area contributed by atoms with Crippen LogP contribution in [0.3, 0.4) is 0 Å². The summed E-state index contributed by atoms with van der Waals surface area (Å²) < 4.78 is 10.5. The molecule has 31 heavy (non-hydrogen) atoms. The van der Waals surface area contributed by atoms with E-state index in [1.165, 1.54) is 0 Å². The van der Waals surface area contributed by atoms with Gasteiger partial charge < -0.3 is 14.8 Å². The summed E-state index contributed by atoms with van der Waals surface area (Å²) in [6, 6.07) is 22.5. The molecule has 0 atom stereocenters. The van der Waals surface area contributed by atoms with E-state index >= 15 is 0 Å². The summed E-state index contributed by atoms with van der Waals surface area (Å²) in [6.07, 6.45) is 0. The predicted molar refractivity (Wildman–Crippen MR) is 115 cm³/mol. The van der Waals surface area contributed by atoms with Gasteiger partial charge in [-0.15, -0.1) is 0 Å². The Hall–Kier alpha value is -4.51. The van der Waals surface area contributed by atoms with Gasteiger partial charge in [-0.3, -0.25) is 20.4 Å². The van der Waals surface area contributed by atoms with Gasteiger partial charge in [-0.25, -0.2) is 0 Å². The molecule has 0 saturated heterocycles. The minimum Gasteiger partial charge on any atom is -0.497 e. The van der Waals surface area contributed by atoms with Crippen molar-refractivity contribution in [2.24, 2.45) is 0 Å². The van der Waals surface area contributed by atoms with Gasteiger partial charge in [-0.2, -0.15) is 5.26 Å². The van der Waals surface area contributed by atoms with Gasteiger partial charge >= 0.3 is 0 Å². The number of hydrazine groups is 1. The van der Waals surface area contributed by atoms with Crippen molar-refractivity contribution in [1.82, 2.24) is 10.9 Å². The van der Waals surface area contributed by atoms with Crippen LogP contribution in [0.4, 0.5) is 11.4 Å². The molecule has 8 nitrogen and oxygen atoms in total. The molecule has 0 unspecified atom stereocenters. The first-order chi connectivity index (χ1) is 15.1. The van der Waals surface area contributed by atoms with Crippen LogP contribution in [0.25, 0.3) is 0 Å². The summed E-state index contributed by atoms with van der Waals surface area (Å²) in [5.74, 6) is 0.152. The van der Waals surface area contributed by atoms with Crippen LogP contribution < -0.4 is 25.6 Å². The molecule has 0 bridgehead atoms. The number of ether oxygens (including phenoxy) is 2. The molecule has 0 aliphatic heterocycles. The van der Waals surface area contributed by atoms with Crippen LogP contribution in [0.2, 0.25) is 0 Å². The van der Waals surface area contributed by atoms with Crippen LogP contribution in [0.15, 0.2) is 72.8 Å². The summed E-state index contributed by atoms with van der Waals surface area (Å²) in [5.41, 5.74) is 6.90. The Morgan fingerprint density at radius 2 is 1.58 bits per heavy atom. The fraction of sp³-hybridized carbons (Fsp3) is 0.0870. The Bertz CT molecular complexity index is 1090. The lowest BCUT2D eigenvalue weighted by Crippen LogP contribution is -2.44. The molecule has 0 aliphatic carbocycles. The van der Waals surface area contributed by atoms with Gasteiger partial charge in [0, 0.05) is 5.69 Å². The smallest absolute Gasteiger partial charge is 0.276 e. The fourth-order valence-electron chi connectivity index (χ4n) is 2.62. The molecular formula is C23H20N4O4. The summed E-state index contributed by atoms with van der Waals surface area (Å²) >= 11 is 0. The highest BCUT2D eigenvalue weighted by molar-refractivity contribution is 6.01. The quantitative estimate of drug-likeness (QED) is 0.510. The van der Waals surface area contributed by atoms with E-state index in [4.69, 9.17) is 14.7 Å². The number of benzene rings is 3. The number of hydrogen-bond acceptors (Lipinski definition) is 6. The molecule has 3 N–H and O–H groups in total. The number of hydrogen-bond donors (Lipinski definition) is 3. The Labute approximate surface area is 179 Å². The van der Waals surface area contributed by atoms with Crippen molar-refractivity contribution in [2.75, 3.05) is 19.0 Å². The molecule has 0 aliphatic rings. The zero-order chi connectivity index (χ0) is 22.1. The number of rotatable bonds is 7. The second kappa shape index (κ2) is 10.3. The number of amides is 2. The van der Waals surface area contributed by atoms with Crippen LogP contribution in [0.5, 0.6) is 11.5 Å². The molecule has 0 saturated carbocycles. The number of nitriles is 1. The molecule has 3 aromatic rings. The van der Waals surface area contributed by atoms with Gasteiger partial charge in [-0.05, 0) is 60.7 Å². The van der Waals surface area contributed by atoms with E-state index in [0.29, 0.717) is 22.6 Å². The fourth-order valence-corrected chi connectivity index (χ4v) is 2.62. The lowest BCUT2D eigenvalue weighted by atomic mass is 10.1. The third-order valence-electron chi connectivity index (χ3n) is 4.21. The third-order valence-corrected chi connectivity index (χ3v) is 4.21. The number of carbonyl (C=O) groups is 2. The van der Waals surface area contributed by atoms with Crippen molar-refractivity contribution in [3.8, 4) is 17.6 Å². The van der Waals surface area contributed by atoms with Crippen LogP contribution in [0.1, 0.15) is 15.9 Å². The maximum atomic E-state index is 12.5. The van der Waals surface area contributed by atoms with E-state index in [-0.39, 0.29) is 6.61 Å². The Morgan fingerprint density at radius 1 is 0.903 bits per heavy atom. The molecule has 0 radical (unpaired) electrons. The zero-order valence-corrected chi connectivity index (χ0v) is 16.7. The summed E-state index contributed by atoms with van der Waals surface area (Å²) in [6.45, 7) is -0.294. The van der Waals surface area contributed by atoms with E-state index in [0.717, 1.165) is 11.4 Å². The van der Waals surface area contributed by atoms with Crippen LogP contribution in [-0.2, 0) is 4.79 Å². The highest BCUT2D eigenvalue weighted by atomic mass is 16.5.